The number of hydrogen-bond acceptors (Lipinski definition) is 4. The number of carbonyl (C=O) groups excluding carboxylic acids is 1. The second-order valence-electron chi connectivity index (χ2n) is 8.15. The molecule has 1 amide bonds. The van der Waals surface area contributed by atoms with Crippen LogP contribution in [0.25, 0.3) is 11.0 Å². The summed E-state index contributed by atoms with van der Waals surface area (Å²) in [4.78, 5) is 15.6. The Morgan fingerprint density at radius 3 is 2.83 bits per heavy atom. The van der Waals surface area contributed by atoms with Crippen molar-refractivity contribution in [1.29, 1.82) is 0 Å². The minimum absolute atomic E-state index is 0.189. The summed E-state index contributed by atoms with van der Waals surface area (Å²) in [5, 5.41) is 14.9. The van der Waals surface area contributed by atoms with E-state index in [2.05, 4.69) is 17.1 Å². The van der Waals surface area contributed by atoms with Crippen molar-refractivity contribution >= 4 is 34.2 Å². The van der Waals surface area contributed by atoms with Gasteiger partial charge in [0.1, 0.15) is 17.1 Å². The number of benzene rings is 2. The van der Waals surface area contributed by atoms with E-state index >= 15 is 0 Å². The molecule has 2 N–H and O–H groups in total. The van der Waals surface area contributed by atoms with Crippen LogP contribution >= 0.6 is 11.6 Å². The van der Waals surface area contributed by atoms with Crippen molar-refractivity contribution in [3.05, 3.63) is 57.8 Å². The molecule has 0 unspecified atom stereocenters. The minimum Gasteiger partial charge on any atom is -0.508 e. The predicted octanol–water partition coefficient (Wildman–Crippen LogP) is 6.04. The number of halogens is 1. The quantitative estimate of drug-likeness (QED) is 0.534. The zero-order valence-corrected chi connectivity index (χ0v) is 18.3. The average Bonchev–Trinajstić information content (AvgIpc) is 3.05. The molecule has 0 aliphatic carbocycles. The molecule has 1 atom stereocenters. The molecule has 4 rings (SSSR count). The molecule has 1 aromatic heterocycles. The first-order chi connectivity index (χ1) is 14.4. The molecule has 1 aliphatic heterocycles. The first kappa shape index (κ1) is 20.8. The van der Waals surface area contributed by atoms with E-state index in [1.807, 2.05) is 13.0 Å². The van der Waals surface area contributed by atoms with Gasteiger partial charge in [0.2, 0.25) is 0 Å². The van der Waals surface area contributed by atoms with Crippen LogP contribution in [0.2, 0.25) is 5.02 Å². The number of rotatable bonds is 4. The largest absolute Gasteiger partial charge is 0.508 e. The highest BCUT2D eigenvalue weighted by Crippen LogP contribution is 2.36. The number of aromatic hydroxyl groups is 1. The number of anilines is 1. The van der Waals surface area contributed by atoms with Crippen LogP contribution in [0.4, 0.5) is 5.69 Å². The molecule has 5 nitrogen and oxygen atoms in total. The molecular weight excluding hydrogens is 400 g/mol. The lowest BCUT2D eigenvalue weighted by Crippen LogP contribution is -2.36. The number of phenols is 1. The highest BCUT2D eigenvalue weighted by atomic mass is 35.5. The number of fused-ring (bicyclic) bond motifs is 1. The fourth-order valence-corrected chi connectivity index (χ4v) is 4.50. The second-order valence-corrected chi connectivity index (χ2v) is 8.56. The Morgan fingerprint density at radius 1 is 1.27 bits per heavy atom. The van der Waals surface area contributed by atoms with Gasteiger partial charge in [-0.3, -0.25) is 9.69 Å². The fraction of sp³-hybridized carbons (Fsp3) is 0.375. The van der Waals surface area contributed by atoms with E-state index in [1.165, 1.54) is 6.42 Å². The van der Waals surface area contributed by atoms with E-state index in [-0.39, 0.29) is 11.7 Å². The van der Waals surface area contributed by atoms with Gasteiger partial charge < -0.3 is 14.8 Å². The van der Waals surface area contributed by atoms with Crippen molar-refractivity contribution in [3.8, 4) is 5.75 Å². The van der Waals surface area contributed by atoms with E-state index in [0.29, 0.717) is 45.6 Å². The predicted molar refractivity (Wildman–Crippen MR) is 120 cm³/mol. The van der Waals surface area contributed by atoms with Crippen molar-refractivity contribution in [1.82, 2.24) is 4.90 Å². The van der Waals surface area contributed by atoms with E-state index < -0.39 is 0 Å². The normalized spacial score (nSPS) is 17.4. The minimum atomic E-state index is -0.268. The number of furan rings is 1. The molecule has 2 aromatic carbocycles. The number of nitrogens with zero attached hydrogens (tertiary/aromatic N) is 1. The van der Waals surface area contributed by atoms with Crippen LogP contribution in [-0.4, -0.2) is 28.5 Å². The van der Waals surface area contributed by atoms with E-state index in [4.69, 9.17) is 16.0 Å². The SMILES string of the molecule is Cc1oc2ccc(O)c(CN3CCCC[C@@H]3C)c2c1C(=O)Nc1cccc(Cl)c1C. The van der Waals surface area contributed by atoms with Gasteiger partial charge >= 0.3 is 0 Å². The number of carbonyl (C=O) groups is 1. The van der Waals surface area contributed by atoms with E-state index in [0.717, 1.165) is 30.5 Å². The molecule has 158 valence electrons. The van der Waals surface area contributed by atoms with Gasteiger partial charge in [0.25, 0.3) is 5.91 Å². The van der Waals surface area contributed by atoms with Gasteiger partial charge in [-0.25, -0.2) is 0 Å². The fourth-order valence-electron chi connectivity index (χ4n) is 4.32. The molecule has 0 spiro atoms. The number of likely N-dealkylation sites (tertiary alicyclic amines) is 1. The Morgan fingerprint density at radius 2 is 2.07 bits per heavy atom. The molecule has 1 fully saturated rings. The Bertz CT molecular complexity index is 1110. The number of hydrogen-bond donors (Lipinski definition) is 2. The number of phenolic OH excluding ortho intramolecular Hbond substituents is 1. The maximum absolute atomic E-state index is 13.3. The molecule has 0 bridgehead atoms. The number of aryl methyl sites for hydroxylation is 1. The summed E-state index contributed by atoms with van der Waals surface area (Å²) in [5.41, 5.74) is 3.28. The third-order valence-electron chi connectivity index (χ3n) is 6.16. The van der Waals surface area contributed by atoms with E-state index in [9.17, 15) is 9.90 Å². The highest BCUT2D eigenvalue weighted by Gasteiger charge is 2.26. The number of piperidine rings is 1. The van der Waals surface area contributed by atoms with Crippen LogP contribution in [0.15, 0.2) is 34.7 Å². The molecular formula is C24H27ClN2O3. The van der Waals surface area contributed by atoms with Gasteiger partial charge in [0, 0.05) is 34.2 Å². The van der Waals surface area contributed by atoms with Gasteiger partial charge in [-0.05, 0) is 70.0 Å². The zero-order valence-electron chi connectivity index (χ0n) is 17.6. The molecule has 0 radical (unpaired) electrons. The lowest BCUT2D eigenvalue weighted by Gasteiger charge is -2.33. The van der Waals surface area contributed by atoms with Crippen LogP contribution in [0.3, 0.4) is 0 Å². The Kier molecular flexibility index (Phi) is 5.76. The molecule has 30 heavy (non-hydrogen) atoms. The lowest BCUT2D eigenvalue weighted by atomic mass is 9.99. The summed E-state index contributed by atoms with van der Waals surface area (Å²) in [7, 11) is 0. The summed E-state index contributed by atoms with van der Waals surface area (Å²) in [6, 6.07) is 9.24. The Labute approximate surface area is 181 Å². The zero-order chi connectivity index (χ0) is 21.4. The molecule has 0 saturated carbocycles. The van der Waals surface area contributed by atoms with Gasteiger partial charge in [-0.2, -0.15) is 0 Å². The molecule has 2 heterocycles. The van der Waals surface area contributed by atoms with Crippen molar-refractivity contribution in [2.24, 2.45) is 0 Å². The van der Waals surface area contributed by atoms with Gasteiger partial charge in [-0.15, -0.1) is 0 Å². The average molecular weight is 427 g/mol. The van der Waals surface area contributed by atoms with Gasteiger partial charge in [0.05, 0.1) is 5.56 Å². The van der Waals surface area contributed by atoms with Crippen LogP contribution < -0.4 is 5.32 Å². The summed E-state index contributed by atoms with van der Waals surface area (Å²) in [6.07, 6.45) is 3.51. The monoisotopic (exact) mass is 426 g/mol. The first-order valence-corrected chi connectivity index (χ1v) is 10.8. The summed E-state index contributed by atoms with van der Waals surface area (Å²) >= 11 is 6.21. The topological polar surface area (TPSA) is 65.7 Å². The Hall–Kier alpha value is -2.50. The van der Waals surface area contributed by atoms with Crippen molar-refractivity contribution in [2.45, 2.75) is 52.6 Å². The highest BCUT2D eigenvalue weighted by molar-refractivity contribution is 6.31. The van der Waals surface area contributed by atoms with Crippen LogP contribution in [0.5, 0.6) is 5.75 Å². The third kappa shape index (κ3) is 3.80. The molecule has 6 heteroatoms. The maximum Gasteiger partial charge on any atom is 0.259 e. The second kappa shape index (κ2) is 8.32. The van der Waals surface area contributed by atoms with E-state index in [1.54, 1.807) is 31.2 Å². The smallest absolute Gasteiger partial charge is 0.259 e. The van der Waals surface area contributed by atoms with Crippen molar-refractivity contribution < 1.29 is 14.3 Å². The van der Waals surface area contributed by atoms with Crippen LogP contribution in [-0.2, 0) is 6.54 Å². The summed E-state index contributed by atoms with van der Waals surface area (Å²) in [6.45, 7) is 7.43. The van der Waals surface area contributed by atoms with Crippen molar-refractivity contribution in [3.63, 3.8) is 0 Å². The maximum atomic E-state index is 13.3. The number of amides is 1. The molecule has 1 saturated heterocycles. The third-order valence-corrected chi connectivity index (χ3v) is 6.57. The van der Waals surface area contributed by atoms with Crippen LogP contribution in [0.1, 0.15) is 53.4 Å². The summed E-state index contributed by atoms with van der Waals surface area (Å²) in [5.74, 6) is 0.449. The lowest BCUT2D eigenvalue weighted by molar-refractivity contribution is 0.102. The van der Waals surface area contributed by atoms with Crippen molar-refractivity contribution in [2.75, 3.05) is 11.9 Å². The Balaban J connectivity index is 1.76. The van der Waals surface area contributed by atoms with Crippen LogP contribution in [0, 0.1) is 13.8 Å². The molecule has 3 aromatic rings. The first-order valence-electron chi connectivity index (χ1n) is 10.4. The standard InChI is InChI=1S/C24H27ClN2O3/c1-14-7-4-5-12-27(14)13-17-20(28)10-11-21-23(17)22(16(3)30-21)24(29)26-19-9-6-8-18(25)15(19)2/h6,8-11,14,28H,4-5,7,12-13H2,1-3H3,(H,26,29)/t14-/m0/s1. The summed E-state index contributed by atoms with van der Waals surface area (Å²) < 4.78 is 5.91. The molecule has 1 aliphatic rings. The van der Waals surface area contributed by atoms with Gasteiger partial charge in [-0.1, -0.05) is 24.1 Å². The van der Waals surface area contributed by atoms with Gasteiger partial charge in [0.15, 0.2) is 0 Å². The number of nitrogens with one attached hydrogen (secondary N) is 1.